The van der Waals surface area contributed by atoms with Crippen LogP contribution in [0.5, 0.6) is 0 Å². The number of aliphatic hydroxyl groups is 1. The molecule has 16 heavy (non-hydrogen) atoms. The third kappa shape index (κ3) is 1.78. The number of carbonyl (C=O) groups is 1. The lowest BCUT2D eigenvalue weighted by molar-refractivity contribution is -0.127. The Morgan fingerprint density at radius 3 is 2.50 bits per heavy atom. The number of Topliss-reactive ketones (excluding diaryl/α,β-unsaturated/α-hetero) is 1. The predicted octanol–water partition coefficient (Wildman–Crippen LogP) is 2.21. The third-order valence-electron chi connectivity index (χ3n) is 3.99. The van der Waals surface area contributed by atoms with E-state index in [9.17, 15) is 9.90 Å². The van der Waals surface area contributed by atoms with Gasteiger partial charge < -0.3 is 5.11 Å². The topological polar surface area (TPSA) is 37.3 Å². The van der Waals surface area contributed by atoms with Crippen molar-refractivity contribution in [2.24, 2.45) is 11.3 Å². The molecule has 1 aliphatic rings. The van der Waals surface area contributed by atoms with Gasteiger partial charge in [-0.2, -0.15) is 0 Å². The zero-order chi connectivity index (χ0) is 11.8. The summed E-state index contributed by atoms with van der Waals surface area (Å²) in [6.07, 6.45) is 0.467. The van der Waals surface area contributed by atoms with Gasteiger partial charge in [-0.1, -0.05) is 44.2 Å². The largest absolute Gasteiger partial charge is 0.385 e. The van der Waals surface area contributed by atoms with Crippen molar-refractivity contribution in [2.75, 3.05) is 0 Å². The number of ketones is 1. The lowest BCUT2D eigenvalue weighted by atomic mass is 9.74. The van der Waals surface area contributed by atoms with E-state index in [0.29, 0.717) is 6.42 Å². The van der Waals surface area contributed by atoms with Crippen LogP contribution in [0.3, 0.4) is 0 Å². The zero-order valence-electron chi connectivity index (χ0n) is 9.81. The molecule has 0 aliphatic heterocycles. The molecular weight excluding hydrogens is 200 g/mol. The van der Waals surface area contributed by atoms with Crippen LogP contribution in [0.25, 0.3) is 0 Å². The average Bonchev–Trinajstić information content (AvgIpc) is 2.45. The minimum Gasteiger partial charge on any atom is -0.385 e. The maximum atomic E-state index is 11.5. The highest BCUT2D eigenvalue weighted by atomic mass is 16.3. The SMILES string of the molecule is C[C@H]1CC(=O)[C@H](O)[C@@]1(C)Cc1ccccc1. The second-order valence-electron chi connectivity index (χ2n) is 5.14. The minimum absolute atomic E-state index is 0.00840. The van der Waals surface area contributed by atoms with E-state index in [1.54, 1.807) is 0 Å². The van der Waals surface area contributed by atoms with Gasteiger partial charge in [0.05, 0.1) is 0 Å². The lowest BCUT2D eigenvalue weighted by Crippen LogP contribution is -2.36. The van der Waals surface area contributed by atoms with Crippen LogP contribution in [0.15, 0.2) is 30.3 Å². The van der Waals surface area contributed by atoms with Crippen molar-refractivity contribution in [3.05, 3.63) is 35.9 Å². The molecule has 0 unspecified atom stereocenters. The fourth-order valence-corrected chi connectivity index (χ4v) is 2.59. The van der Waals surface area contributed by atoms with Crippen molar-refractivity contribution < 1.29 is 9.90 Å². The molecule has 0 saturated heterocycles. The molecule has 86 valence electrons. The van der Waals surface area contributed by atoms with Gasteiger partial charge in [0.2, 0.25) is 0 Å². The maximum Gasteiger partial charge on any atom is 0.162 e. The van der Waals surface area contributed by atoms with Crippen molar-refractivity contribution >= 4 is 5.78 Å². The van der Waals surface area contributed by atoms with Gasteiger partial charge in [0.1, 0.15) is 6.10 Å². The molecule has 0 amide bonds. The Morgan fingerprint density at radius 1 is 1.38 bits per heavy atom. The number of hydrogen-bond donors (Lipinski definition) is 1. The van der Waals surface area contributed by atoms with Gasteiger partial charge >= 0.3 is 0 Å². The number of aliphatic hydroxyl groups excluding tert-OH is 1. The van der Waals surface area contributed by atoms with Crippen LogP contribution in [0.4, 0.5) is 0 Å². The summed E-state index contributed by atoms with van der Waals surface area (Å²) in [6, 6.07) is 10.1. The Hall–Kier alpha value is -1.15. The maximum absolute atomic E-state index is 11.5. The van der Waals surface area contributed by atoms with E-state index in [-0.39, 0.29) is 17.1 Å². The van der Waals surface area contributed by atoms with Crippen molar-refractivity contribution in [1.29, 1.82) is 0 Å². The van der Waals surface area contributed by atoms with Crippen molar-refractivity contribution in [2.45, 2.75) is 32.8 Å². The molecule has 1 aromatic rings. The standard InChI is InChI=1S/C14H18O2/c1-10-8-12(15)13(16)14(10,2)9-11-6-4-3-5-7-11/h3-7,10,13,16H,8-9H2,1-2H3/t10-,13-,14-/m0/s1. The Kier molecular flexibility index (Phi) is 2.85. The van der Waals surface area contributed by atoms with Crippen LogP contribution < -0.4 is 0 Å². The van der Waals surface area contributed by atoms with E-state index in [0.717, 1.165) is 6.42 Å². The predicted molar refractivity (Wildman–Crippen MR) is 63.0 cm³/mol. The van der Waals surface area contributed by atoms with Crippen LogP contribution in [0, 0.1) is 11.3 Å². The fourth-order valence-electron chi connectivity index (χ4n) is 2.59. The minimum atomic E-state index is -0.803. The number of rotatable bonds is 2. The molecule has 1 fully saturated rings. The first kappa shape index (κ1) is 11.3. The molecule has 3 atom stereocenters. The summed E-state index contributed by atoms with van der Waals surface area (Å²) in [5, 5.41) is 10.00. The van der Waals surface area contributed by atoms with Crippen molar-refractivity contribution in [1.82, 2.24) is 0 Å². The summed E-state index contributed by atoms with van der Waals surface area (Å²) >= 11 is 0. The van der Waals surface area contributed by atoms with Crippen molar-refractivity contribution in [3.63, 3.8) is 0 Å². The van der Waals surface area contributed by atoms with Crippen LogP contribution in [0.1, 0.15) is 25.8 Å². The molecule has 2 rings (SSSR count). The Balaban J connectivity index is 2.23. The molecule has 1 aromatic carbocycles. The summed E-state index contributed by atoms with van der Waals surface area (Å²) in [4.78, 5) is 11.5. The summed E-state index contributed by atoms with van der Waals surface area (Å²) in [7, 11) is 0. The molecule has 1 N–H and O–H groups in total. The van der Waals surface area contributed by atoms with Gasteiger partial charge in [0.15, 0.2) is 5.78 Å². The zero-order valence-corrected chi connectivity index (χ0v) is 9.81. The Bertz CT molecular complexity index is 385. The fraction of sp³-hybridized carbons (Fsp3) is 0.500. The average molecular weight is 218 g/mol. The molecule has 0 bridgehead atoms. The number of benzene rings is 1. The highest BCUT2D eigenvalue weighted by Crippen LogP contribution is 2.43. The van der Waals surface area contributed by atoms with E-state index < -0.39 is 6.10 Å². The highest BCUT2D eigenvalue weighted by molar-refractivity contribution is 5.86. The van der Waals surface area contributed by atoms with Crippen LogP contribution in [-0.4, -0.2) is 17.0 Å². The van der Waals surface area contributed by atoms with E-state index in [1.165, 1.54) is 5.56 Å². The molecular formula is C14H18O2. The Labute approximate surface area is 96.3 Å². The number of carbonyl (C=O) groups excluding carboxylic acids is 1. The molecule has 0 spiro atoms. The quantitative estimate of drug-likeness (QED) is 0.826. The molecule has 1 aliphatic carbocycles. The molecule has 0 radical (unpaired) electrons. The van der Waals surface area contributed by atoms with Gasteiger partial charge in [-0.25, -0.2) is 0 Å². The van der Waals surface area contributed by atoms with E-state index >= 15 is 0 Å². The van der Waals surface area contributed by atoms with Gasteiger partial charge in [-0.3, -0.25) is 4.79 Å². The summed E-state index contributed by atoms with van der Waals surface area (Å²) < 4.78 is 0. The molecule has 0 heterocycles. The second-order valence-corrected chi connectivity index (χ2v) is 5.14. The van der Waals surface area contributed by atoms with Gasteiger partial charge in [-0.05, 0) is 17.9 Å². The van der Waals surface area contributed by atoms with E-state index in [2.05, 4.69) is 6.92 Å². The smallest absolute Gasteiger partial charge is 0.162 e. The molecule has 2 nitrogen and oxygen atoms in total. The van der Waals surface area contributed by atoms with Crippen molar-refractivity contribution in [3.8, 4) is 0 Å². The lowest BCUT2D eigenvalue weighted by Gasteiger charge is -2.31. The van der Waals surface area contributed by atoms with Crippen LogP contribution in [-0.2, 0) is 11.2 Å². The van der Waals surface area contributed by atoms with Gasteiger partial charge in [0.25, 0.3) is 0 Å². The van der Waals surface area contributed by atoms with E-state index in [4.69, 9.17) is 0 Å². The summed E-state index contributed by atoms with van der Waals surface area (Å²) in [5.74, 6) is 0.237. The first-order valence-electron chi connectivity index (χ1n) is 5.79. The van der Waals surface area contributed by atoms with Gasteiger partial charge in [0, 0.05) is 11.8 Å². The normalized spacial score (nSPS) is 34.3. The molecule has 1 saturated carbocycles. The van der Waals surface area contributed by atoms with E-state index in [1.807, 2.05) is 37.3 Å². The number of hydrogen-bond acceptors (Lipinski definition) is 2. The molecule has 2 heteroatoms. The van der Waals surface area contributed by atoms with Gasteiger partial charge in [-0.15, -0.1) is 0 Å². The highest BCUT2D eigenvalue weighted by Gasteiger charge is 2.48. The van der Waals surface area contributed by atoms with Crippen LogP contribution in [0.2, 0.25) is 0 Å². The van der Waals surface area contributed by atoms with Crippen LogP contribution >= 0.6 is 0 Å². The first-order chi connectivity index (χ1) is 7.54. The summed E-state index contributed by atoms with van der Waals surface area (Å²) in [5.41, 5.74) is 0.879. The molecule has 0 aromatic heterocycles. The summed E-state index contributed by atoms with van der Waals surface area (Å²) in [6.45, 7) is 4.07. The second kappa shape index (κ2) is 4.02. The third-order valence-corrected chi connectivity index (χ3v) is 3.99. The first-order valence-corrected chi connectivity index (χ1v) is 5.79. The Morgan fingerprint density at radius 2 is 2.00 bits per heavy atom. The monoisotopic (exact) mass is 218 g/mol.